The highest BCUT2D eigenvalue weighted by atomic mass is 16.5. The molecule has 0 saturated heterocycles. The van der Waals surface area contributed by atoms with Crippen molar-refractivity contribution in [1.82, 2.24) is 14.9 Å². The molecule has 0 unspecified atom stereocenters. The standard InChI is InChI=1S/C22H23N3O3/c1-2-11-28-18-5-3-15(4-6-18)17-12-19-20(14-24-21(19)23-13-17)16-7-9-25(10-8-16)22(26)27/h3-7,12-14H,2,8-11H2,1H3,(H,23,24)(H,26,27). The molecule has 0 fully saturated rings. The zero-order valence-corrected chi connectivity index (χ0v) is 15.8. The van der Waals surface area contributed by atoms with Crippen molar-refractivity contribution in [2.75, 3.05) is 19.7 Å². The molecule has 0 bridgehead atoms. The molecule has 0 atom stereocenters. The van der Waals surface area contributed by atoms with Crippen molar-refractivity contribution in [3.05, 3.63) is 54.4 Å². The van der Waals surface area contributed by atoms with Crippen molar-refractivity contribution in [2.45, 2.75) is 19.8 Å². The Labute approximate surface area is 163 Å². The van der Waals surface area contributed by atoms with Gasteiger partial charge in [-0.2, -0.15) is 0 Å². The Bertz CT molecular complexity index is 1020. The summed E-state index contributed by atoms with van der Waals surface area (Å²) in [5.74, 6) is 0.873. The van der Waals surface area contributed by atoms with Crippen molar-refractivity contribution in [3.8, 4) is 16.9 Å². The normalized spacial score (nSPS) is 14.2. The van der Waals surface area contributed by atoms with E-state index < -0.39 is 6.09 Å². The van der Waals surface area contributed by atoms with E-state index in [0.29, 0.717) is 26.1 Å². The molecule has 1 aliphatic heterocycles. The number of aromatic amines is 1. The van der Waals surface area contributed by atoms with Crippen LogP contribution < -0.4 is 4.74 Å². The minimum atomic E-state index is -0.871. The van der Waals surface area contributed by atoms with Gasteiger partial charge in [-0.05, 0) is 42.2 Å². The van der Waals surface area contributed by atoms with E-state index in [9.17, 15) is 4.79 Å². The average molecular weight is 377 g/mol. The molecule has 144 valence electrons. The van der Waals surface area contributed by atoms with E-state index in [4.69, 9.17) is 9.84 Å². The van der Waals surface area contributed by atoms with Gasteiger partial charge in [0.1, 0.15) is 11.4 Å². The molecular formula is C22H23N3O3. The summed E-state index contributed by atoms with van der Waals surface area (Å²) in [6.45, 7) is 3.74. The number of benzene rings is 1. The first-order valence-electron chi connectivity index (χ1n) is 9.53. The number of nitrogens with one attached hydrogen (secondary N) is 1. The first-order valence-corrected chi connectivity index (χ1v) is 9.53. The van der Waals surface area contributed by atoms with Crippen molar-refractivity contribution in [1.29, 1.82) is 0 Å². The Morgan fingerprint density at radius 2 is 2.11 bits per heavy atom. The monoisotopic (exact) mass is 377 g/mol. The predicted octanol–water partition coefficient (Wildman–Crippen LogP) is 4.79. The first kappa shape index (κ1) is 18.1. The number of aromatic nitrogens is 2. The summed E-state index contributed by atoms with van der Waals surface area (Å²) in [5.41, 5.74) is 5.21. The molecule has 2 N–H and O–H groups in total. The van der Waals surface area contributed by atoms with Crippen LogP contribution in [0.4, 0.5) is 4.79 Å². The number of rotatable bonds is 5. The van der Waals surface area contributed by atoms with Crippen molar-refractivity contribution in [3.63, 3.8) is 0 Å². The zero-order valence-electron chi connectivity index (χ0n) is 15.8. The summed E-state index contributed by atoms with van der Waals surface area (Å²) in [6.07, 6.45) is 6.64. The number of hydrogen-bond donors (Lipinski definition) is 2. The highest BCUT2D eigenvalue weighted by Crippen LogP contribution is 2.31. The predicted molar refractivity (Wildman–Crippen MR) is 110 cm³/mol. The van der Waals surface area contributed by atoms with Crippen LogP contribution in [0.25, 0.3) is 27.7 Å². The van der Waals surface area contributed by atoms with Crippen LogP contribution >= 0.6 is 0 Å². The maximum absolute atomic E-state index is 11.1. The Morgan fingerprint density at radius 3 is 2.79 bits per heavy atom. The maximum Gasteiger partial charge on any atom is 0.407 e. The third kappa shape index (κ3) is 3.58. The van der Waals surface area contributed by atoms with E-state index in [2.05, 4.69) is 23.0 Å². The Morgan fingerprint density at radius 1 is 1.29 bits per heavy atom. The van der Waals surface area contributed by atoms with E-state index in [1.165, 1.54) is 4.90 Å². The zero-order chi connectivity index (χ0) is 19.5. The summed E-state index contributed by atoms with van der Waals surface area (Å²) < 4.78 is 5.65. The molecule has 0 radical (unpaired) electrons. The van der Waals surface area contributed by atoms with Gasteiger partial charge in [0.25, 0.3) is 0 Å². The largest absolute Gasteiger partial charge is 0.494 e. The molecule has 1 aromatic carbocycles. The number of nitrogens with zero attached hydrogens (tertiary/aromatic N) is 2. The second kappa shape index (κ2) is 7.76. The molecule has 28 heavy (non-hydrogen) atoms. The number of pyridine rings is 1. The highest BCUT2D eigenvalue weighted by molar-refractivity contribution is 5.93. The van der Waals surface area contributed by atoms with E-state index in [-0.39, 0.29) is 0 Å². The molecule has 2 aromatic heterocycles. The number of H-pyrrole nitrogens is 1. The number of carboxylic acid groups (broad SMARTS) is 1. The average Bonchev–Trinajstić information content (AvgIpc) is 3.16. The Kier molecular flexibility index (Phi) is 5.02. The van der Waals surface area contributed by atoms with Gasteiger partial charge in [0.2, 0.25) is 0 Å². The maximum atomic E-state index is 11.1. The Balaban J connectivity index is 1.62. The fourth-order valence-corrected chi connectivity index (χ4v) is 3.48. The Hall–Kier alpha value is -3.28. The fourth-order valence-electron chi connectivity index (χ4n) is 3.48. The molecule has 0 spiro atoms. The molecule has 0 saturated carbocycles. The first-order chi connectivity index (χ1) is 13.7. The van der Waals surface area contributed by atoms with Gasteiger partial charge in [-0.3, -0.25) is 0 Å². The van der Waals surface area contributed by atoms with Gasteiger partial charge < -0.3 is 19.7 Å². The number of amides is 1. The second-order valence-electron chi connectivity index (χ2n) is 6.90. The van der Waals surface area contributed by atoms with Gasteiger partial charge >= 0.3 is 6.09 Å². The van der Waals surface area contributed by atoms with Crippen LogP contribution in [0.2, 0.25) is 0 Å². The molecule has 3 aromatic rings. The van der Waals surface area contributed by atoms with Gasteiger partial charge in [0.15, 0.2) is 0 Å². The van der Waals surface area contributed by atoms with Gasteiger partial charge in [0.05, 0.1) is 6.61 Å². The molecule has 6 heteroatoms. The highest BCUT2D eigenvalue weighted by Gasteiger charge is 2.19. The lowest BCUT2D eigenvalue weighted by Crippen LogP contribution is -2.33. The van der Waals surface area contributed by atoms with Crippen molar-refractivity contribution < 1.29 is 14.6 Å². The van der Waals surface area contributed by atoms with Gasteiger partial charge in [0, 0.05) is 42.0 Å². The lowest BCUT2D eigenvalue weighted by atomic mass is 9.98. The summed E-state index contributed by atoms with van der Waals surface area (Å²) >= 11 is 0. The topological polar surface area (TPSA) is 78.5 Å². The third-order valence-corrected chi connectivity index (χ3v) is 5.02. The summed E-state index contributed by atoms with van der Waals surface area (Å²) in [6, 6.07) is 10.2. The van der Waals surface area contributed by atoms with Crippen LogP contribution in [-0.2, 0) is 0 Å². The van der Waals surface area contributed by atoms with Crippen molar-refractivity contribution in [2.24, 2.45) is 0 Å². The smallest absolute Gasteiger partial charge is 0.407 e. The van der Waals surface area contributed by atoms with Crippen LogP contribution in [0, 0.1) is 0 Å². The minimum Gasteiger partial charge on any atom is -0.494 e. The van der Waals surface area contributed by atoms with E-state index in [1.54, 1.807) is 0 Å². The van der Waals surface area contributed by atoms with E-state index in [1.807, 2.05) is 42.7 Å². The molecule has 6 nitrogen and oxygen atoms in total. The molecule has 1 aliphatic rings. The van der Waals surface area contributed by atoms with Gasteiger partial charge in [-0.1, -0.05) is 25.1 Å². The third-order valence-electron chi connectivity index (χ3n) is 5.02. The van der Waals surface area contributed by atoms with Crippen LogP contribution in [0.5, 0.6) is 5.75 Å². The quantitative estimate of drug-likeness (QED) is 0.670. The lowest BCUT2D eigenvalue weighted by Gasteiger charge is -2.23. The number of carbonyl (C=O) groups is 1. The van der Waals surface area contributed by atoms with Crippen LogP contribution in [0.3, 0.4) is 0 Å². The van der Waals surface area contributed by atoms with Crippen LogP contribution in [0.15, 0.2) is 48.8 Å². The number of fused-ring (bicyclic) bond motifs is 1. The summed E-state index contributed by atoms with van der Waals surface area (Å²) in [4.78, 5) is 20.3. The number of hydrogen-bond acceptors (Lipinski definition) is 3. The van der Waals surface area contributed by atoms with Crippen molar-refractivity contribution >= 4 is 22.7 Å². The second-order valence-corrected chi connectivity index (χ2v) is 6.90. The summed E-state index contributed by atoms with van der Waals surface area (Å²) in [5, 5.41) is 10.2. The molecule has 4 rings (SSSR count). The fraction of sp³-hybridized carbons (Fsp3) is 0.273. The molecule has 3 heterocycles. The molecule has 1 amide bonds. The van der Waals surface area contributed by atoms with Gasteiger partial charge in [-0.25, -0.2) is 9.78 Å². The minimum absolute atomic E-state index is 0.420. The van der Waals surface area contributed by atoms with Gasteiger partial charge in [-0.15, -0.1) is 0 Å². The lowest BCUT2D eigenvalue weighted by molar-refractivity contribution is 0.150. The summed E-state index contributed by atoms with van der Waals surface area (Å²) in [7, 11) is 0. The SMILES string of the molecule is CCCOc1ccc(-c2cnc3[nH]cc(C4=CCN(C(=O)O)CC4)c3c2)cc1. The molecular weight excluding hydrogens is 354 g/mol. The van der Waals surface area contributed by atoms with E-state index in [0.717, 1.165) is 45.5 Å². The van der Waals surface area contributed by atoms with Crippen LogP contribution in [0.1, 0.15) is 25.3 Å². The van der Waals surface area contributed by atoms with E-state index >= 15 is 0 Å². The molecule has 0 aliphatic carbocycles. The van der Waals surface area contributed by atoms with Crippen LogP contribution in [-0.4, -0.2) is 45.8 Å². The number of ether oxygens (including phenoxy) is 1.